The number of hydrazine groups is 1. The summed E-state index contributed by atoms with van der Waals surface area (Å²) in [6.45, 7) is 36.3. The van der Waals surface area contributed by atoms with Crippen molar-refractivity contribution in [3.8, 4) is 0 Å². The highest BCUT2D eigenvalue weighted by Crippen LogP contribution is 2.26. The van der Waals surface area contributed by atoms with Gasteiger partial charge in [0.2, 0.25) is 0 Å². The van der Waals surface area contributed by atoms with Crippen molar-refractivity contribution in [2.24, 2.45) is 41.3 Å². The van der Waals surface area contributed by atoms with Gasteiger partial charge in [0.05, 0.1) is 11.1 Å². The molecular weight excluding hydrogens is 1080 g/mol. The van der Waals surface area contributed by atoms with Crippen LogP contribution in [0.15, 0.2) is 48.5 Å². The normalized spacial score (nSPS) is 13.4. The number of carbonyl (C=O) groups is 8. The Kier molecular flexibility index (Phi) is 42.2. The van der Waals surface area contributed by atoms with E-state index >= 15 is 0 Å². The molecule has 1 aliphatic heterocycles. The van der Waals surface area contributed by atoms with Crippen LogP contribution in [0.1, 0.15) is 220 Å². The average molecular weight is 1190 g/mol. The van der Waals surface area contributed by atoms with Crippen molar-refractivity contribution in [3.05, 3.63) is 70.8 Å². The number of rotatable bonds is 23. The van der Waals surface area contributed by atoms with Crippen LogP contribution in [0.5, 0.6) is 0 Å². The number of aliphatic hydroxyl groups is 1. The topological polar surface area (TPSA) is 343 Å². The Labute approximate surface area is 496 Å². The van der Waals surface area contributed by atoms with Crippen LogP contribution in [0.4, 0.5) is 0 Å². The summed E-state index contributed by atoms with van der Waals surface area (Å²) >= 11 is 0. The van der Waals surface area contributed by atoms with Gasteiger partial charge in [-0.05, 0) is 151 Å². The molecular formula is C61H108N4O18. The minimum Gasteiger partial charge on any atom is -0.458 e. The molecule has 0 saturated carbocycles. The second-order valence-electron chi connectivity index (χ2n) is 24.3. The first-order valence-electron chi connectivity index (χ1n) is 26.8. The van der Waals surface area contributed by atoms with Crippen LogP contribution in [0.2, 0.25) is 0 Å². The fourth-order valence-electron chi connectivity index (χ4n) is 6.81. The minimum atomic E-state index is -1.02. The van der Waals surface area contributed by atoms with Crippen LogP contribution in [-0.2, 0) is 57.3 Å². The lowest BCUT2D eigenvalue weighted by Crippen LogP contribution is -2.41. The molecule has 2 aromatic carbocycles. The number of aliphatic hydroxyl groups excluding tert-OH is 1. The Morgan fingerprint density at radius 2 is 0.735 bits per heavy atom. The van der Waals surface area contributed by atoms with Crippen molar-refractivity contribution in [2.75, 3.05) is 20.3 Å². The average Bonchev–Trinajstić information content (AvgIpc) is 3.56. The van der Waals surface area contributed by atoms with Crippen LogP contribution in [-0.4, -0.2) is 130 Å². The van der Waals surface area contributed by atoms with Gasteiger partial charge in [-0.2, -0.15) is 0 Å². The molecule has 0 aromatic heterocycles. The number of nitrogens with two attached hydrogens (primary N) is 3. The SMILES string of the molecule is C.C.CC(C)C[C@@H](OCC(=O)c1cccc(C(=O)CO[C@H](CC(C)C)C(=O)OC(C)(C)C)c1)C(=O)OC(C)(C)C.CC(C)C[C@@H](ON)C(=O)OC(C)(C)C.CC(C)C[C@@H](ON1C(=O)c2ccccc2C1=O)C(=O)OC(C)(C)C.CO.NN.O. The van der Waals surface area contributed by atoms with Crippen molar-refractivity contribution < 1.29 is 87.0 Å². The number of Topliss-reactive ketones (excluding diaryl/α,β-unsaturated/α-hetero) is 2. The van der Waals surface area contributed by atoms with Gasteiger partial charge in [0.25, 0.3) is 11.8 Å². The van der Waals surface area contributed by atoms with Crippen molar-refractivity contribution in [3.63, 3.8) is 0 Å². The molecule has 22 heteroatoms. The molecule has 480 valence electrons. The highest BCUT2D eigenvalue weighted by molar-refractivity contribution is 6.20. The molecule has 0 fully saturated rings. The van der Waals surface area contributed by atoms with Crippen LogP contribution < -0.4 is 17.6 Å². The quantitative estimate of drug-likeness (QED) is 0.0201. The summed E-state index contributed by atoms with van der Waals surface area (Å²) in [5.41, 5.74) is -1.43. The van der Waals surface area contributed by atoms with Crippen molar-refractivity contribution in [1.29, 1.82) is 0 Å². The van der Waals surface area contributed by atoms with Crippen LogP contribution >= 0.6 is 0 Å². The van der Waals surface area contributed by atoms with Crippen molar-refractivity contribution >= 4 is 47.3 Å². The van der Waals surface area contributed by atoms with E-state index in [-0.39, 0.29) is 85.1 Å². The van der Waals surface area contributed by atoms with Crippen molar-refractivity contribution in [2.45, 2.75) is 226 Å². The second kappa shape index (κ2) is 40.7. The van der Waals surface area contributed by atoms with Gasteiger partial charge in [-0.25, -0.2) is 29.9 Å². The summed E-state index contributed by atoms with van der Waals surface area (Å²) in [6, 6.07) is 12.7. The molecule has 9 N–H and O–H groups in total. The molecule has 0 aliphatic carbocycles. The number of hydrogen-bond donors (Lipinski definition) is 4. The van der Waals surface area contributed by atoms with E-state index in [0.29, 0.717) is 36.7 Å². The zero-order valence-corrected chi connectivity index (χ0v) is 52.1. The smallest absolute Gasteiger partial charge is 0.338 e. The number of fused-ring (bicyclic) bond motifs is 1. The Bertz CT molecular complexity index is 2150. The van der Waals surface area contributed by atoms with Gasteiger partial charge in [0.1, 0.15) is 35.6 Å². The Morgan fingerprint density at radius 1 is 0.470 bits per heavy atom. The Balaban J connectivity index is -0.000000385. The van der Waals surface area contributed by atoms with Gasteiger partial charge in [-0.15, -0.1) is 5.06 Å². The molecule has 3 rings (SSSR count). The maximum Gasteiger partial charge on any atom is 0.338 e. The monoisotopic (exact) mass is 1180 g/mol. The lowest BCUT2D eigenvalue weighted by atomic mass is 10.0. The Morgan fingerprint density at radius 3 is 1.01 bits per heavy atom. The summed E-state index contributed by atoms with van der Waals surface area (Å²) in [4.78, 5) is 109. The number of esters is 4. The van der Waals surface area contributed by atoms with Crippen molar-refractivity contribution in [1.82, 2.24) is 5.06 Å². The van der Waals surface area contributed by atoms with E-state index in [1.54, 1.807) is 105 Å². The Hall–Kier alpha value is -5.56. The van der Waals surface area contributed by atoms with Crippen LogP contribution in [0.3, 0.4) is 0 Å². The predicted molar refractivity (Wildman–Crippen MR) is 320 cm³/mol. The van der Waals surface area contributed by atoms with E-state index < -0.39 is 82.5 Å². The number of ether oxygens (including phenoxy) is 6. The number of hydroxylamine groups is 2. The molecule has 0 spiro atoms. The highest BCUT2D eigenvalue weighted by atomic mass is 16.7. The van der Waals surface area contributed by atoms with Crippen LogP contribution in [0, 0.1) is 23.7 Å². The first-order chi connectivity index (χ1) is 36.7. The van der Waals surface area contributed by atoms with E-state index in [1.807, 2.05) is 76.2 Å². The first-order valence-corrected chi connectivity index (χ1v) is 26.8. The van der Waals surface area contributed by atoms with Gasteiger partial charge < -0.3 is 39.0 Å². The zero-order valence-electron chi connectivity index (χ0n) is 52.1. The molecule has 22 nitrogen and oxygen atoms in total. The molecule has 1 heterocycles. The fraction of sp³-hybridized carbons (Fsp3) is 0.672. The largest absolute Gasteiger partial charge is 0.458 e. The number of imide groups is 1. The molecule has 2 amide bonds. The van der Waals surface area contributed by atoms with E-state index in [1.165, 1.54) is 6.07 Å². The molecule has 1 aliphatic rings. The molecule has 0 unspecified atom stereocenters. The van der Waals surface area contributed by atoms with Gasteiger partial charge in [-0.1, -0.05) is 101 Å². The summed E-state index contributed by atoms with van der Waals surface area (Å²) in [5, 5.41) is 7.67. The second-order valence-corrected chi connectivity index (χ2v) is 24.3. The van der Waals surface area contributed by atoms with E-state index in [2.05, 4.69) is 16.5 Å². The van der Waals surface area contributed by atoms with Crippen LogP contribution in [0.25, 0.3) is 0 Å². The third-order valence-electron chi connectivity index (χ3n) is 9.91. The summed E-state index contributed by atoms with van der Waals surface area (Å²) in [7, 11) is 1.00. The van der Waals surface area contributed by atoms with Gasteiger partial charge in [0.15, 0.2) is 36.0 Å². The molecule has 0 saturated heterocycles. The minimum absolute atomic E-state index is 0. The lowest BCUT2D eigenvalue weighted by molar-refractivity contribution is -0.191. The predicted octanol–water partition coefficient (Wildman–Crippen LogP) is 9.08. The number of nitrogens with zero attached hydrogens (tertiary/aromatic N) is 1. The summed E-state index contributed by atoms with van der Waals surface area (Å²) in [5.74, 6) is 9.94. The van der Waals surface area contributed by atoms with Gasteiger partial charge in [-0.3, -0.25) is 35.7 Å². The molecule has 0 radical (unpaired) electrons. The first kappa shape index (κ1) is 86.2. The molecule has 83 heavy (non-hydrogen) atoms. The number of carbonyl (C=O) groups excluding carboxylic acids is 8. The van der Waals surface area contributed by atoms with E-state index in [9.17, 15) is 38.4 Å². The van der Waals surface area contributed by atoms with Gasteiger partial charge in [0, 0.05) is 18.2 Å². The maximum atomic E-state index is 12.8. The van der Waals surface area contributed by atoms with Gasteiger partial charge >= 0.3 is 23.9 Å². The maximum absolute atomic E-state index is 12.8. The summed E-state index contributed by atoms with van der Waals surface area (Å²) < 4.78 is 32.7. The number of benzene rings is 2. The zero-order chi connectivity index (χ0) is 62.7. The third kappa shape index (κ3) is 36.7. The standard InChI is InChI=1S/C30H46O8.C18H23NO5.C10H21NO3.CH4O.2CH4.H4N2.H2O/c1-19(2)14-25(27(33)37-29(5,6)7)35-17-23(31)21-12-11-13-22(16-21)24(32)18-36-26(15-20(3)4)28(34)38-30(8,9)10;1-11(2)10-14(17(22)23-18(3,4)5)24-19-15(20)12-8-6-7-9-13(12)16(19)21;1-7(2)6-8(14-11)9(12)13-10(3,4)5;1-2;;;1-2;/h11-13,16,19-20,25-26H,14-15,17-18H2,1-10H3;6-9,11,14H,10H2,1-5H3;7-8H,6,11H2,1-5H3;2H,1H3;2*1H4;1-2H2;1H2/t25-,26-;14-;8-;;;;;/m111...../s1. The molecule has 4 atom stereocenters. The number of hydrogen-bond acceptors (Lipinski definition) is 20. The lowest BCUT2D eigenvalue weighted by Gasteiger charge is -2.26. The molecule has 2 aromatic rings. The summed E-state index contributed by atoms with van der Waals surface area (Å²) in [6.07, 6.45) is -1.70. The molecule has 0 bridgehead atoms. The third-order valence-corrected chi connectivity index (χ3v) is 9.91. The van der Waals surface area contributed by atoms with E-state index in [0.717, 1.165) is 7.11 Å². The van der Waals surface area contributed by atoms with E-state index in [4.69, 9.17) is 44.3 Å². The number of amides is 2. The fourth-order valence-corrected chi connectivity index (χ4v) is 6.81. The highest BCUT2D eigenvalue weighted by Gasteiger charge is 2.41. The number of ketones is 2.